The van der Waals surface area contributed by atoms with Gasteiger partial charge in [0, 0.05) is 33.2 Å². The van der Waals surface area contributed by atoms with Crippen LogP contribution in [0.3, 0.4) is 0 Å². The van der Waals surface area contributed by atoms with Crippen molar-refractivity contribution in [2.45, 2.75) is 26.8 Å². The lowest BCUT2D eigenvalue weighted by atomic mass is 10.1. The fourth-order valence-corrected chi connectivity index (χ4v) is 3.02. The summed E-state index contributed by atoms with van der Waals surface area (Å²) >= 11 is 0. The maximum absolute atomic E-state index is 13.3. The summed E-state index contributed by atoms with van der Waals surface area (Å²) in [6.45, 7) is 10.1. The van der Waals surface area contributed by atoms with Gasteiger partial charge in [0.2, 0.25) is 0 Å². The molecule has 1 aliphatic rings. The van der Waals surface area contributed by atoms with E-state index in [2.05, 4.69) is 29.0 Å². The van der Waals surface area contributed by atoms with Gasteiger partial charge in [-0.3, -0.25) is 4.99 Å². The van der Waals surface area contributed by atoms with Gasteiger partial charge in [0.15, 0.2) is 5.96 Å². The van der Waals surface area contributed by atoms with Gasteiger partial charge in [-0.2, -0.15) is 0 Å². The SMILES string of the molecule is CCNC(=NCC1CCN(CC)C1)N(C)Cc1cccc(F)c1.I. The molecular formula is C18H30FIN4. The summed E-state index contributed by atoms with van der Waals surface area (Å²) in [4.78, 5) is 9.33. The summed E-state index contributed by atoms with van der Waals surface area (Å²) < 4.78 is 13.3. The molecule has 1 aromatic carbocycles. The highest BCUT2D eigenvalue weighted by atomic mass is 127. The predicted molar refractivity (Wildman–Crippen MR) is 109 cm³/mol. The predicted octanol–water partition coefficient (Wildman–Crippen LogP) is 3.18. The minimum atomic E-state index is -0.191. The average Bonchev–Trinajstić information content (AvgIpc) is 2.99. The molecule has 1 saturated heterocycles. The number of likely N-dealkylation sites (tertiary alicyclic amines) is 1. The first-order valence-electron chi connectivity index (χ1n) is 8.58. The molecule has 4 nitrogen and oxygen atoms in total. The van der Waals surface area contributed by atoms with Gasteiger partial charge in [0.1, 0.15) is 5.82 Å². The van der Waals surface area contributed by atoms with Crippen LogP contribution in [-0.4, -0.2) is 55.5 Å². The molecule has 2 rings (SSSR count). The largest absolute Gasteiger partial charge is 0.357 e. The quantitative estimate of drug-likeness (QED) is 0.412. The van der Waals surface area contributed by atoms with Gasteiger partial charge in [0.25, 0.3) is 0 Å². The van der Waals surface area contributed by atoms with Gasteiger partial charge >= 0.3 is 0 Å². The summed E-state index contributed by atoms with van der Waals surface area (Å²) in [5, 5.41) is 3.33. The molecule has 1 unspecified atom stereocenters. The molecule has 6 heteroatoms. The molecule has 1 aliphatic heterocycles. The summed E-state index contributed by atoms with van der Waals surface area (Å²) in [6.07, 6.45) is 1.23. The highest BCUT2D eigenvalue weighted by Crippen LogP contribution is 2.16. The number of aliphatic imine (C=N–C) groups is 1. The molecule has 0 saturated carbocycles. The minimum absolute atomic E-state index is 0. The summed E-state index contributed by atoms with van der Waals surface area (Å²) in [7, 11) is 2.00. The maximum atomic E-state index is 13.3. The van der Waals surface area contributed by atoms with Crippen molar-refractivity contribution in [3.8, 4) is 0 Å². The van der Waals surface area contributed by atoms with Crippen LogP contribution in [0.25, 0.3) is 0 Å². The van der Waals surface area contributed by atoms with E-state index in [0.717, 1.165) is 37.7 Å². The lowest BCUT2D eigenvalue weighted by Gasteiger charge is -2.23. The minimum Gasteiger partial charge on any atom is -0.357 e. The van der Waals surface area contributed by atoms with Gasteiger partial charge in [-0.15, -0.1) is 24.0 Å². The third-order valence-electron chi connectivity index (χ3n) is 4.32. The molecule has 0 amide bonds. The maximum Gasteiger partial charge on any atom is 0.193 e. The fourth-order valence-electron chi connectivity index (χ4n) is 3.02. The molecule has 136 valence electrons. The van der Waals surface area contributed by atoms with Crippen molar-refractivity contribution in [1.29, 1.82) is 0 Å². The van der Waals surface area contributed by atoms with E-state index in [4.69, 9.17) is 4.99 Å². The molecule has 0 bridgehead atoms. The van der Waals surface area contributed by atoms with Crippen LogP contribution >= 0.6 is 24.0 Å². The van der Waals surface area contributed by atoms with Gasteiger partial charge in [-0.25, -0.2) is 4.39 Å². The first-order chi connectivity index (χ1) is 11.1. The van der Waals surface area contributed by atoms with Crippen LogP contribution in [0.2, 0.25) is 0 Å². The highest BCUT2D eigenvalue weighted by Gasteiger charge is 2.21. The molecule has 1 heterocycles. The average molecular weight is 448 g/mol. The molecule has 1 aromatic rings. The van der Waals surface area contributed by atoms with Crippen LogP contribution in [0.1, 0.15) is 25.8 Å². The molecule has 0 aliphatic carbocycles. The van der Waals surface area contributed by atoms with Crippen molar-refractivity contribution in [2.24, 2.45) is 10.9 Å². The molecular weight excluding hydrogens is 418 g/mol. The van der Waals surface area contributed by atoms with Crippen molar-refractivity contribution in [2.75, 3.05) is 39.8 Å². The van der Waals surface area contributed by atoms with Crippen LogP contribution in [0.5, 0.6) is 0 Å². The van der Waals surface area contributed by atoms with Crippen molar-refractivity contribution in [1.82, 2.24) is 15.1 Å². The summed E-state index contributed by atoms with van der Waals surface area (Å²) in [5.41, 5.74) is 0.955. The number of benzene rings is 1. The molecule has 24 heavy (non-hydrogen) atoms. The van der Waals surface area contributed by atoms with E-state index in [0.29, 0.717) is 12.5 Å². The van der Waals surface area contributed by atoms with E-state index < -0.39 is 0 Å². The Hall–Kier alpha value is -0.890. The summed E-state index contributed by atoms with van der Waals surface area (Å²) in [6, 6.07) is 6.75. The second-order valence-corrected chi connectivity index (χ2v) is 6.23. The molecule has 1 fully saturated rings. The normalized spacial score (nSPS) is 18.3. The second kappa shape index (κ2) is 10.9. The van der Waals surface area contributed by atoms with E-state index >= 15 is 0 Å². The van der Waals surface area contributed by atoms with Crippen LogP contribution < -0.4 is 5.32 Å². The van der Waals surface area contributed by atoms with Crippen LogP contribution in [-0.2, 0) is 6.54 Å². The number of nitrogens with one attached hydrogen (secondary N) is 1. The number of halogens is 2. The van der Waals surface area contributed by atoms with Crippen LogP contribution in [0.4, 0.5) is 4.39 Å². The third-order valence-corrected chi connectivity index (χ3v) is 4.32. The van der Waals surface area contributed by atoms with Gasteiger partial charge < -0.3 is 15.1 Å². The molecule has 1 atom stereocenters. The Morgan fingerprint density at radius 2 is 2.21 bits per heavy atom. The number of nitrogens with zero attached hydrogens (tertiary/aromatic N) is 3. The van der Waals surface area contributed by atoms with Crippen molar-refractivity contribution < 1.29 is 4.39 Å². The Morgan fingerprint density at radius 1 is 1.42 bits per heavy atom. The number of rotatable bonds is 6. The highest BCUT2D eigenvalue weighted by molar-refractivity contribution is 14.0. The molecule has 0 aromatic heterocycles. The lowest BCUT2D eigenvalue weighted by molar-refractivity contribution is 0.343. The Kier molecular flexibility index (Phi) is 9.58. The number of guanidine groups is 1. The van der Waals surface area contributed by atoms with Crippen LogP contribution in [0.15, 0.2) is 29.3 Å². The van der Waals surface area contributed by atoms with Crippen molar-refractivity contribution >= 4 is 29.9 Å². The first kappa shape index (κ1) is 21.2. The first-order valence-corrected chi connectivity index (χ1v) is 8.58. The van der Waals surface area contributed by atoms with E-state index in [1.807, 2.05) is 13.1 Å². The zero-order valence-corrected chi connectivity index (χ0v) is 17.3. The Balaban J connectivity index is 0.00000288. The summed E-state index contributed by atoms with van der Waals surface area (Å²) in [5.74, 6) is 1.35. The smallest absolute Gasteiger partial charge is 0.193 e. The van der Waals surface area contributed by atoms with Gasteiger partial charge in [0.05, 0.1) is 0 Å². The third kappa shape index (κ3) is 6.55. The Bertz CT molecular complexity index is 523. The Labute approximate surface area is 162 Å². The molecule has 1 N–H and O–H groups in total. The van der Waals surface area contributed by atoms with E-state index in [1.54, 1.807) is 12.1 Å². The zero-order chi connectivity index (χ0) is 16.7. The monoisotopic (exact) mass is 448 g/mol. The van der Waals surface area contributed by atoms with Crippen molar-refractivity contribution in [3.05, 3.63) is 35.6 Å². The van der Waals surface area contributed by atoms with E-state index in [1.165, 1.54) is 19.0 Å². The standard InChI is InChI=1S/C18H29FN4.HI/c1-4-20-18(21-12-16-9-10-23(5-2)14-16)22(3)13-15-7-6-8-17(19)11-15;/h6-8,11,16H,4-5,9-10,12-14H2,1-3H3,(H,20,21);1H. The number of hydrogen-bond acceptors (Lipinski definition) is 2. The lowest BCUT2D eigenvalue weighted by Crippen LogP contribution is -2.39. The fraction of sp³-hybridized carbons (Fsp3) is 0.611. The van der Waals surface area contributed by atoms with E-state index in [9.17, 15) is 4.39 Å². The second-order valence-electron chi connectivity index (χ2n) is 6.23. The topological polar surface area (TPSA) is 30.9 Å². The van der Waals surface area contributed by atoms with E-state index in [-0.39, 0.29) is 29.8 Å². The Morgan fingerprint density at radius 3 is 2.83 bits per heavy atom. The van der Waals surface area contributed by atoms with Crippen LogP contribution in [0, 0.1) is 11.7 Å². The number of hydrogen-bond donors (Lipinski definition) is 1. The van der Waals surface area contributed by atoms with Gasteiger partial charge in [-0.05, 0) is 50.0 Å². The molecule has 0 spiro atoms. The zero-order valence-electron chi connectivity index (χ0n) is 15.0. The molecule has 0 radical (unpaired) electrons. The van der Waals surface area contributed by atoms with Crippen molar-refractivity contribution in [3.63, 3.8) is 0 Å². The van der Waals surface area contributed by atoms with Gasteiger partial charge in [-0.1, -0.05) is 19.1 Å².